The lowest BCUT2D eigenvalue weighted by Crippen LogP contribution is -2.50. The van der Waals surface area contributed by atoms with Crippen LogP contribution in [0.15, 0.2) is 140 Å². The highest BCUT2D eigenvalue weighted by Crippen LogP contribution is 2.31. The van der Waals surface area contributed by atoms with Crippen molar-refractivity contribution in [1.29, 1.82) is 0 Å². The summed E-state index contributed by atoms with van der Waals surface area (Å²) in [5.74, 6) is 1.92. The molecule has 2 aliphatic heterocycles. The lowest BCUT2D eigenvalue weighted by molar-refractivity contribution is -0.138. The number of anilines is 1. The van der Waals surface area contributed by atoms with Gasteiger partial charge in [-0.25, -0.2) is 9.97 Å². The van der Waals surface area contributed by atoms with Gasteiger partial charge in [-0.05, 0) is 103 Å². The molecular weight excluding hydrogens is 708 g/mol. The Morgan fingerprint density at radius 2 is 1.32 bits per heavy atom. The predicted molar refractivity (Wildman–Crippen MR) is 216 cm³/mol. The molecule has 1 atom stereocenters. The van der Waals surface area contributed by atoms with Gasteiger partial charge in [0, 0.05) is 63.1 Å². The van der Waals surface area contributed by atoms with Gasteiger partial charge in [0.2, 0.25) is 5.91 Å². The van der Waals surface area contributed by atoms with E-state index in [9.17, 15) is 18.0 Å². The molecule has 0 unspecified atom stereocenters. The molecule has 0 radical (unpaired) electrons. The van der Waals surface area contributed by atoms with Crippen LogP contribution in [0.25, 0.3) is 0 Å². The normalized spacial score (nSPS) is 16.3. The number of aromatic nitrogens is 2. The second kappa shape index (κ2) is 18.5. The predicted octanol–water partition coefficient (Wildman–Crippen LogP) is 9.53. The SMILES string of the molecule is O=C([C@H](Cc1ccccc1)N(C=CCc1ccc(C(F)(F)F)cc1)Cc1ccc(N2CCC(c3ncccn3)CC2)cc1)N1CCC(Cc2ccccc2)CC1. The van der Waals surface area contributed by atoms with Crippen molar-refractivity contribution in [1.82, 2.24) is 19.8 Å². The van der Waals surface area contributed by atoms with Crippen LogP contribution in [-0.4, -0.2) is 57.9 Å². The first-order valence-electron chi connectivity index (χ1n) is 19.8. The number of hydrogen-bond acceptors (Lipinski definition) is 5. The van der Waals surface area contributed by atoms with Gasteiger partial charge < -0.3 is 14.7 Å². The molecule has 0 bridgehead atoms. The summed E-state index contributed by atoms with van der Waals surface area (Å²) in [6.45, 7) is 3.79. The zero-order valence-corrected chi connectivity index (χ0v) is 31.8. The second-order valence-corrected chi connectivity index (χ2v) is 15.2. The Bertz CT molecular complexity index is 1970. The number of likely N-dealkylation sites (tertiary alicyclic amines) is 1. The number of allylic oxidation sites excluding steroid dienone is 1. The van der Waals surface area contributed by atoms with Crippen LogP contribution in [0.2, 0.25) is 0 Å². The number of nitrogens with zero attached hydrogens (tertiary/aromatic N) is 5. The van der Waals surface area contributed by atoms with Gasteiger partial charge >= 0.3 is 6.18 Å². The minimum Gasteiger partial charge on any atom is -0.371 e. The van der Waals surface area contributed by atoms with E-state index in [2.05, 4.69) is 80.4 Å². The maximum Gasteiger partial charge on any atom is 0.416 e. The zero-order valence-electron chi connectivity index (χ0n) is 31.8. The minimum atomic E-state index is -4.38. The maximum atomic E-state index is 14.7. The van der Waals surface area contributed by atoms with Crippen LogP contribution in [0.3, 0.4) is 0 Å². The minimum absolute atomic E-state index is 0.105. The van der Waals surface area contributed by atoms with Crippen molar-refractivity contribution < 1.29 is 18.0 Å². The number of benzene rings is 4. The summed E-state index contributed by atoms with van der Waals surface area (Å²) >= 11 is 0. The van der Waals surface area contributed by atoms with E-state index in [0.717, 1.165) is 79.8 Å². The summed E-state index contributed by atoms with van der Waals surface area (Å²) in [6.07, 6.45) is 9.10. The topological polar surface area (TPSA) is 52.6 Å². The molecule has 5 aromatic rings. The largest absolute Gasteiger partial charge is 0.416 e. The quantitative estimate of drug-likeness (QED) is 0.120. The van der Waals surface area contributed by atoms with Crippen LogP contribution in [0.5, 0.6) is 0 Å². The Morgan fingerprint density at radius 1 is 0.714 bits per heavy atom. The summed E-state index contributed by atoms with van der Waals surface area (Å²) in [5.41, 5.74) is 4.76. The highest BCUT2D eigenvalue weighted by atomic mass is 19.4. The van der Waals surface area contributed by atoms with Gasteiger partial charge in [0.25, 0.3) is 0 Å². The van der Waals surface area contributed by atoms with Crippen molar-refractivity contribution >= 4 is 11.6 Å². The highest BCUT2D eigenvalue weighted by molar-refractivity contribution is 5.82. The molecule has 9 heteroatoms. The Labute approximate surface area is 328 Å². The molecule has 3 heterocycles. The van der Waals surface area contributed by atoms with E-state index in [0.29, 0.717) is 44.3 Å². The van der Waals surface area contributed by atoms with Gasteiger partial charge in [0.05, 0.1) is 5.56 Å². The monoisotopic (exact) mass is 757 g/mol. The van der Waals surface area contributed by atoms with E-state index in [1.54, 1.807) is 0 Å². The zero-order chi connectivity index (χ0) is 38.7. The fraction of sp³-hybridized carbons (Fsp3) is 0.340. The van der Waals surface area contributed by atoms with Crippen molar-refractivity contribution in [3.8, 4) is 0 Å². The van der Waals surface area contributed by atoms with Gasteiger partial charge in [-0.15, -0.1) is 0 Å². The summed E-state index contributed by atoms with van der Waals surface area (Å²) < 4.78 is 39.7. The first kappa shape index (κ1) is 38.8. The third kappa shape index (κ3) is 10.4. The number of amides is 1. The summed E-state index contributed by atoms with van der Waals surface area (Å²) in [5, 5.41) is 0. The molecule has 4 aromatic carbocycles. The van der Waals surface area contributed by atoms with E-state index in [1.165, 1.54) is 23.4 Å². The molecule has 2 fully saturated rings. The number of carbonyl (C=O) groups excluding carboxylic acids is 1. The molecule has 56 heavy (non-hydrogen) atoms. The van der Waals surface area contributed by atoms with Crippen molar-refractivity contribution in [2.45, 2.75) is 69.6 Å². The van der Waals surface area contributed by atoms with Crippen molar-refractivity contribution in [2.75, 3.05) is 31.1 Å². The number of piperidine rings is 2. The number of rotatable bonds is 13. The number of alkyl halides is 3. The van der Waals surface area contributed by atoms with Crippen LogP contribution in [0, 0.1) is 5.92 Å². The maximum absolute atomic E-state index is 14.7. The molecule has 290 valence electrons. The van der Waals surface area contributed by atoms with E-state index >= 15 is 0 Å². The van der Waals surface area contributed by atoms with E-state index in [1.807, 2.05) is 59.9 Å². The average Bonchev–Trinajstić information content (AvgIpc) is 3.24. The first-order chi connectivity index (χ1) is 27.3. The molecule has 2 saturated heterocycles. The van der Waals surface area contributed by atoms with E-state index in [-0.39, 0.29) is 5.91 Å². The fourth-order valence-corrected chi connectivity index (χ4v) is 8.06. The molecule has 7 rings (SSSR count). The summed E-state index contributed by atoms with van der Waals surface area (Å²) in [6, 6.07) is 36.0. The fourth-order valence-electron chi connectivity index (χ4n) is 8.06. The highest BCUT2D eigenvalue weighted by Gasteiger charge is 2.32. The standard InChI is InChI=1S/C47H50F3N5O/c48-47(49,50)42-18-14-36(15-19-42)13-7-28-55(35-40-16-20-43(21-17-40)53-31-24-41(25-32-53)45-51-26-8-27-52-45)44(34-38-11-5-2-6-12-38)46(56)54-29-22-39(23-30-54)33-37-9-3-1-4-10-37/h1-12,14-21,26-28,39,41,44H,13,22-25,29-35H2/t44-/m0/s1. The molecular formula is C47H50F3N5O. The van der Waals surface area contributed by atoms with Crippen LogP contribution < -0.4 is 4.90 Å². The Morgan fingerprint density at radius 3 is 1.95 bits per heavy atom. The van der Waals surface area contributed by atoms with E-state index in [4.69, 9.17) is 0 Å². The average molecular weight is 758 g/mol. The third-order valence-electron chi connectivity index (χ3n) is 11.3. The van der Waals surface area contributed by atoms with Crippen LogP contribution in [-0.2, 0) is 36.8 Å². The smallest absolute Gasteiger partial charge is 0.371 e. The molecule has 0 N–H and O–H groups in total. The van der Waals surface area contributed by atoms with Crippen molar-refractivity contribution in [2.24, 2.45) is 5.92 Å². The van der Waals surface area contributed by atoms with Crippen LogP contribution in [0.1, 0.15) is 65.2 Å². The molecule has 1 aromatic heterocycles. The van der Waals surface area contributed by atoms with Gasteiger partial charge in [0.1, 0.15) is 11.9 Å². The Kier molecular flexibility index (Phi) is 12.8. The molecule has 0 saturated carbocycles. The summed E-state index contributed by atoms with van der Waals surface area (Å²) in [4.78, 5) is 30.2. The molecule has 0 spiro atoms. The van der Waals surface area contributed by atoms with Crippen molar-refractivity contribution in [3.05, 3.63) is 174 Å². The number of hydrogen-bond donors (Lipinski definition) is 0. The van der Waals surface area contributed by atoms with Crippen LogP contribution >= 0.6 is 0 Å². The molecule has 0 aliphatic carbocycles. The lowest BCUT2D eigenvalue weighted by atomic mass is 9.89. The van der Waals surface area contributed by atoms with E-state index < -0.39 is 17.8 Å². The molecule has 2 aliphatic rings. The third-order valence-corrected chi connectivity index (χ3v) is 11.3. The molecule has 1 amide bonds. The van der Waals surface area contributed by atoms with Gasteiger partial charge in [-0.1, -0.05) is 91.0 Å². The van der Waals surface area contributed by atoms with Crippen LogP contribution in [0.4, 0.5) is 18.9 Å². The lowest BCUT2D eigenvalue weighted by Gasteiger charge is -2.38. The summed E-state index contributed by atoms with van der Waals surface area (Å²) in [7, 11) is 0. The second-order valence-electron chi connectivity index (χ2n) is 15.2. The van der Waals surface area contributed by atoms with Gasteiger partial charge in [0.15, 0.2) is 0 Å². The van der Waals surface area contributed by atoms with Gasteiger partial charge in [-0.3, -0.25) is 4.79 Å². The van der Waals surface area contributed by atoms with Crippen molar-refractivity contribution in [3.63, 3.8) is 0 Å². The van der Waals surface area contributed by atoms with Gasteiger partial charge in [-0.2, -0.15) is 13.2 Å². The Hall–Kier alpha value is -5.44. The number of halogens is 3. The Balaban J connectivity index is 1.09. The first-order valence-corrected chi connectivity index (χ1v) is 19.8. The molecule has 6 nitrogen and oxygen atoms in total. The number of carbonyl (C=O) groups is 1.